The molecule has 0 radical (unpaired) electrons. The van der Waals surface area contributed by atoms with Crippen LogP contribution in [0.1, 0.15) is 37.0 Å². The normalized spacial score (nSPS) is 20.6. The number of phenolic OH excluding ortho intramolecular Hbond substituents is 2. The SMILES string of the molecule is CCC[C@H]1Cc2cc(O)ccc2O[C@H]1c1ccc(O)cc1. The summed E-state index contributed by atoms with van der Waals surface area (Å²) in [6.45, 7) is 2.17. The number of ether oxygens (including phenoxy) is 1. The van der Waals surface area contributed by atoms with Crippen LogP contribution in [0.5, 0.6) is 17.2 Å². The minimum atomic E-state index is 0.00240. The van der Waals surface area contributed by atoms with Crippen molar-refractivity contribution in [3.63, 3.8) is 0 Å². The van der Waals surface area contributed by atoms with Gasteiger partial charge in [0.15, 0.2) is 0 Å². The Hall–Kier alpha value is -2.16. The van der Waals surface area contributed by atoms with E-state index in [-0.39, 0.29) is 17.6 Å². The lowest BCUT2D eigenvalue weighted by atomic mass is 9.84. The molecular formula is C18H20O3. The quantitative estimate of drug-likeness (QED) is 0.888. The highest BCUT2D eigenvalue weighted by molar-refractivity contribution is 5.42. The third-order valence-corrected chi connectivity index (χ3v) is 4.09. The molecule has 110 valence electrons. The molecule has 1 heterocycles. The summed E-state index contributed by atoms with van der Waals surface area (Å²) in [5.41, 5.74) is 2.16. The summed E-state index contributed by atoms with van der Waals surface area (Å²) < 4.78 is 6.19. The Kier molecular flexibility index (Phi) is 3.74. The van der Waals surface area contributed by atoms with Crippen molar-refractivity contribution < 1.29 is 14.9 Å². The number of fused-ring (bicyclic) bond motifs is 1. The van der Waals surface area contributed by atoms with Gasteiger partial charge in [-0.15, -0.1) is 0 Å². The van der Waals surface area contributed by atoms with Gasteiger partial charge in [-0.3, -0.25) is 0 Å². The van der Waals surface area contributed by atoms with Crippen LogP contribution in [0.25, 0.3) is 0 Å². The van der Waals surface area contributed by atoms with Gasteiger partial charge in [-0.25, -0.2) is 0 Å². The van der Waals surface area contributed by atoms with Crippen LogP contribution < -0.4 is 4.74 Å². The first-order valence-electron chi connectivity index (χ1n) is 7.45. The van der Waals surface area contributed by atoms with Crippen LogP contribution in [0.2, 0.25) is 0 Å². The summed E-state index contributed by atoms with van der Waals surface area (Å²) in [5.74, 6) is 1.79. The van der Waals surface area contributed by atoms with Gasteiger partial charge in [-0.2, -0.15) is 0 Å². The molecule has 0 saturated heterocycles. The van der Waals surface area contributed by atoms with Crippen molar-refractivity contribution in [2.45, 2.75) is 32.3 Å². The molecule has 3 rings (SSSR count). The van der Waals surface area contributed by atoms with Gasteiger partial charge in [-0.1, -0.05) is 25.5 Å². The van der Waals surface area contributed by atoms with Crippen LogP contribution in [0.4, 0.5) is 0 Å². The Bertz CT molecular complexity index is 619. The average molecular weight is 284 g/mol. The first-order valence-corrected chi connectivity index (χ1v) is 7.45. The van der Waals surface area contributed by atoms with E-state index in [4.69, 9.17) is 4.74 Å². The van der Waals surface area contributed by atoms with Gasteiger partial charge in [0.1, 0.15) is 23.4 Å². The molecular weight excluding hydrogens is 264 g/mol. The summed E-state index contributed by atoms with van der Waals surface area (Å²) >= 11 is 0. The molecule has 0 bridgehead atoms. The van der Waals surface area contributed by atoms with E-state index in [1.165, 1.54) is 0 Å². The van der Waals surface area contributed by atoms with E-state index < -0.39 is 0 Å². The van der Waals surface area contributed by atoms with E-state index in [9.17, 15) is 10.2 Å². The second-order valence-electron chi connectivity index (χ2n) is 5.67. The fraction of sp³-hybridized carbons (Fsp3) is 0.333. The maximum atomic E-state index is 9.63. The molecule has 2 N–H and O–H groups in total. The molecule has 0 aliphatic carbocycles. The molecule has 0 amide bonds. The molecule has 3 nitrogen and oxygen atoms in total. The summed E-state index contributed by atoms with van der Waals surface area (Å²) in [4.78, 5) is 0. The molecule has 1 aliphatic rings. The van der Waals surface area contributed by atoms with Gasteiger partial charge in [0.05, 0.1) is 0 Å². The summed E-state index contributed by atoms with van der Waals surface area (Å²) in [5, 5.41) is 19.1. The standard InChI is InChI=1S/C18H20O3/c1-2-3-13-10-14-11-16(20)8-9-17(14)21-18(13)12-4-6-15(19)7-5-12/h4-9,11,13,18-20H,2-3,10H2,1H3/t13-,18-/m0/s1. The highest BCUT2D eigenvalue weighted by Gasteiger charge is 2.30. The van der Waals surface area contributed by atoms with Crippen molar-refractivity contribution in [2.75, 3.05) is 0 Å². The minimum absolute atomic E-state index is 0.00240. The smallest absolute Gasteiger partial charge is 0.127 e. The molecule has 0 fully saturated rings. The molecule has 0 unspecified atom stereocenters. The molecule has 0 spiro atoms. The van der Waals surface area contributed by atoms with Crippen molar-refractivity contribution >= 4 is 0 Å². The number of benzene rings is 2. The molecule has 21 heavy (non-hydrogen) atoms. The van der Waals surface area contributed by atoms with Crippen molar-refractivity contribution in [1.29, 1.82) is 0 Å². The van der Waals surface area contributed by atoms with Crippen LogP contribution in [0.3, 0.4) is 0 Å². The zero-order chi connectivity index (χ0) is 14.8. The van der Waals surface area contributed by atoms with Crippen molar-refractivity contribution in [3.8, 4) is 17.2 Å². The average Bonchev–Trinajstić information content (AvgIpc) is 2.48. The summed E-state index contributed by atoms with van der Waals surface area (Å²) in [7, 11) is 0. The molecule has 3 heteroatoms. The van der Waals surface area contributed by atoms with E-state index in [1.54, 1.807) is 24.3 Å². The van der Waals surface area contributed by atoms with Gasteiger partial charge in [0.25, 0.3) is 0 Å². The van der Waals surface area contributed by atoms with E-state index >= 15 is 0 Å². The highest BCUT2D eigenvalue weighted by atomic mass is 16.5. The summed E-state index contributed by atoms with van der Waals surface area (Å²) in [6, 6.07) is 12.5. The third-order valence-electron chi connectivity index (χ3n) is 4.09. The molecule has 1 aliphatic heterocycles. The minimum Gasteiger partial charge on any atom is -0.508 e. The zero-order valence-corrected chi connectivity index (χ0v) is 12.1. The third kappa shape index (κ3) is 2.82. The molecule has 0 saturated carbocycles. The number of hydrogen-bond acceptors (Lipinski definition) is 3. The van der Waals surface area contributed by atoms with Crippen molar-refractivity contribution in [1.82, 2.24) is 0 Å². The second-order valence-corrected chi connectivity index (χ2v) is 5.67. The maximum Gasteiger partial charge on any atom is 0.127 e. The predicted molar refractivity (Wildman–Crippen MR) is 81.7 cm³/mol. The molecule has 0 aromatic heterocycles. The van der Waals surface area contributed by atoms with Crippen LogP contribution in [-0.2, 0) is 6.42 Å². The number of rotatable bonds is 3. The number of aromatic hydroxyl groups is 2. The fourth-order valence-electron chi connectivity index (χ4n) is 3.09. The fourth-order valence-corrected chi connectivity index (χ4v) is 3.09. The Morgan fingerprint density at radius 2 is 1.76 bits per heavy atom. The van der Waals surface area contributed by atoms with Gasteiger partial charge in [0.2, 0.25) is 0 Å². The van der Waals surface area contributed by atoms with Gasteiger partial charge >= 0.3 is 0 Å². The van der Waals surface area contributed by atoms with Gasteiger partial charge in [-0.05, 0) is 54.3 Å². The van der Waals surface area contributed by atoms with Crippen molar-refractivity contribution in [2.24, 2.45) is 5.92 Å². The van der Waals surface area contributed by atoms with Crippen LogP contribution in [-0.4, -0.2) is 10.2 Å². The van der Waals surface area contributed by atoms with Crippen LogP contribution in [0, 0.1) is 5.92 Å². The lowest BCUT2D eigenvalue weighted by Crippen LogP contribution is -2.25. The van der Waals surface area contributed by atoms with E-state index in [2.05, 4.69) is 6.92 Å². The van der Waals surface area contributed by atoms with Crippen LogP contribution >= 0.6 is 0 Å². The first kappa shape index (κ1) is 13.8. The topological polar surface area (TPSA) is 49.7 Å². The Balaban J connectivity index is 1.94. The molecule has 2 aromatic carbocycles. The molecule has 2 aromatic rings. The largest absolute Gasteiger partial charge is 0.508 e. The lowest BCUT2D eigenvalue weighted by molar-refractivity contribution is 0.107. The van der Waals surface area contributed by atoms with E-state index in [0.29, 0.717) is 5.92 Å². The Morgan fingerprint density at radius 3 is 2.48 bits per heavy atom. The maximum absolute atomic E-state index is 9.63. The number of hydrogen-bond donors (Lipinski definition) is 2. The second kappa shape index (κ2) is 5.68. The lowest BCUT2D eigenvalue weighted by Gasteiger charge is -2.34. The van der Waals surface area contributed by atoms with Crippen molar-refractivity contribution in [3.05, 3.63) is 53.6 Å². The zero-order valence-electron chi connectivity index (χ0n) is 12.1. The highest BCUT2D eigenvalue weighted by Crippen LogP contribution is 2.41. The molecule has 2 atom stereocenters. The predicted octanol–water partition coefficient (Wildman–Crippen LogP) is 4.19. The first-order chi connectivity index (χ1) is 10.2. The Labute approximate surface area is 124 Å². The Morgan fingerprint density at radius 1 is 1.05 bits per heavy atom. The van der Waals surface area contributed by atoms with E-state index in [0.717, 1.165) is 36.1 Å². The van der Waals surface area contributed by atoms with E-state index in [1.807, 2.05) is 18.2 Å². The van der Waals surface area contributed by atoms with Crippen LogP contribution in [0.15, 0.2) is 42.5 Å². The van der Waals surface area contributed by atoms with Gasteiger partial charge < -0.3 is 14.9 Å². The number of phenols is 2. The monoisotopic (exact) mass is 284 g/mol. The van der Waals surface area contributed by atoms with Gasteiger partial charge in [0, 0.05) is 5.92 Å². The summed E-state index contributed by atoms with van der Waals surface area (Å²) in [6.07, 6.45) is 3.07.